The van der Waals surface area contributed by atoms with Crippen LogP contribution in [0.2, 0.25) is 0 Å². The highest BCUT2D eigenvalue weighted by molar-refractivity contribution is 5.74. The molecule has 5 rings (SSSR count). The number of aliphatic hydroxyl groups excluding tert-OH is 1. The number of nitrogens with one attached hydrogen (secondary N) is 2. The molecule has 3 aromatic rings. The molecular weight excluding hydrogens is 514 g/mol. The molecule has 0 spiro atoms. The summed E-state index contributed by atoms with van der Waals surface area (Å²) in [5.74, 6) is 0.172. The lowest BCUT2D eigenvalue weighted by Crippen LogP contribution is -2.45. The number of likely N-dealkylation sites (tertiary alicyclic amines) is 1. The van der Waals surface area contributed by atoms with Gasteiger partial charge in [0.05, 0.1) is 18.8 Å². The lowest BCUT2D eigenvalue weighted by atomic mass is 9.89. The van der Waals surface area contributed by atoms with Crippen molar-refractivity contribution in [2.24, 2.45) is 5.92 Å². The first-order valence-corrected chi connectivity index (χ1v) is 15.0. The van der Waals surface area contributed by atoms with E-state index < -0.39 is 6.29 Å². The number of rotatable bonds is 9. The van der Waals surface area contributed by atoms with Crippen molar-refractivity contribution in [1.82, 2.24) is 15.5 Å². The van der Waals surface area contributed by atoms with Gasteiger partial charge in [-0.25, -0.2) is 4.79 Å². The van der Waals surface area contributed by atoms with Gasteiger partial charge in [-0.2, -0.15) is 0 Å². The van der Waals surface area contributed by atoms with Gasteiger partial charge in [0.1, 0.15) is 0 Å². The zero-order valence-corrected chi connectivity index (χ0v) is 24.2. The molecule has 2 saturated heterocycles. The highest BCUT2D eigenvalue weighted by Gasteiger charge is 2.39. The van der Waals surface area contributed by atoms with Crippen molar-refractivity contribution in [3.05, 3.63) is 95.1 Å². The number of piperidine rings is 1. The first-order valence-electron chi connectivity index (χ1n) is 15.0. The third-order valence-electron chi connectivity index (χ3n) is 8.22. The normalized spacial score (nSPS) is 23.2. The van der Waals surface area contributed by atoms with E-state index in [0.717, 1.165) is 53.0 Å². The van der Waals surface area contributed by atoms with E-state index in [1.54, 1.807) is 0 Å². The minimum Gasteiger partial charge on any atom is -0.392 e. The van der Waals surface area contributed by atoms with Gasteiger partial charge < -0.3 is 30.1 Å². The molecule has 0 aromatic heterocycles. The minimum atomic E-state index is -0.494. The summed E-state index contributed by atoms with van der Waals surface area (Å²) in [5.41, 5.74) is 6.17. The number of ether oxygens (including phenoxy) is 2. The predicted molar refractivity (Wildman–Crippen MR) is 161 cm³/mol. The van der Waals surface area contributed by atoms with Gasteiger partial charge in [0.15, 0.2) is 6.29 Å². The average Bonchev–Trinajstić information content (AvgIpc) is 3.02. The summed E-state index contributed by atoms with van der Waals surface area (Å²) in [4.78, 5) is 14.4. The molecule has 218 valence electrons. The number of hydrogen-bond acceptors (Lipinski definition) is 5. The Kier molecular flexibility index (Phi) is 10.1. The number of urea groups is 1. The molecule has 2 aliphatic rings. The second-order valence-electron chi connectivity index (χ2n) is 11.2. The van der Waals surface area contributed by atoms with Gasteiger partial charge in [-0.05, 0) is 72.8 Å². The summed E-state index contributed by atoms with van der Waals surface area (Å²) < 4.78 is 13.4. The minimum absolute atomic E-state index is 0.0284. The first kappa shape index (κ1) is 29.3. The fraction of sp³-hybridized carbons (Fsp3) is 0.441. The fourth-order valence-electron chi connectivity index (χ4n) is 5.86. The fourth-order valence-corrected chi connectivity index (χ4v) is 5.86. The molecule has 3 aromatic carbocycles. The monoisotopic (exact) mass is 557 g/mol. The molecule has 4 unspecified atom stereocenters. The van der Waals surface area contributed by atoms with Crippen molar-refractivity contribution in [2.75, 3.05) is 26.2 Å². The van der Waals surface area contributed by atoms with Crippen molar-refractivity contribution < 1.29 is 19.4 Å². The first-order chi connectivity index (χ1) is 20.0. The lowest BCUT2D eigenvalue weighted by Gasteiger charge is -2.43. The molecule has 41 heavy (non-hydrogen) atoms. The molecule has 2 heterocycles. The number of benzene rings is 3. The Morgan fingerprint density at radius 3 is 2.34 bits per heavy atom. The van der Waals surface area contributed by atoms with Crippen LogP contribution in [0.4, 0.5) is 4.79 Å². The molecular formula is C34H43N3O4. The molecule has 0 radical (unpaired) electrons. The summed E-state index contributed by atoms with van der Waals surface area (Å²) in [6.07, 6.45) is 3.20. The predicted octanol–water partition coefficient (Wildman–Crippen LogP) is 5.94. The van der Waals surface area contributed by atoms with E-state index >= 15 is 0 Å². The number of carbonyl (C=O) groups excluding carboxylic acids is 1. The Morgan fingerprint density at radius 1 is 0.878 bits per heavy atom. The topological polar surface area (TPSA) is 83.1 Å². The maximum atomic E-state index is 11.9. The third-order valence-corrected chi connectivity index (χ3v) is 8.22. The van der Waals surface area contributed by atoms with E-state index in [-0.39, 0.29) is 30.8 Å². The van der Waals surface area contributed by atoms with E-state index in [1.807, 2.05) is 31.2 Å². The summed E-state index contributed by atoms with van der Waals surface area (Å²) in [6, 6.07) is 24.6. The van der Waals surface area contributed by atoms with Gasteiger partial charge in [0.25, 0.3) is 0 Å². The van der Waals surface area contributed by atoms with Crippen LogP contribution in [0, 0.1) is 5.92 Å². The standard InChI is InChI=1S/C34H43N3O4/c1-3-35-34(39)36-21-26-9-7-10-28(19-26)29-11-8-12-30(20-29)33-40-31(22-37-17-5-4-6-18-37)24(2)32(41-33)27-15-13-25(23-38)14-16-27/h7-16,19-20,24,31-33,38H,3-6,17-18,21-23H2,1-2H3,(H2,35,36,39). The molecule has 0 bridgehead atoms. The van der Waals surface area contributed by atoms with Crippen LogP contribution < -0.4 is 10.6 Å². The van der Waals surface area contributed by atoms with Crippen molar-refractivity contribution in [2.45, 2.75) is 64.8 Å². The molecule has 3 N–H and O–H groups in total. The van der Waals surface area contributed by atoms with E-state index in [9.17, 15) is 9.90 Å². The SMILES string of the molecule is CCNC(=O)NCc1cccc(-c2cccc(C3OC(CN4CCCCC4)C(C)C(c4ccc(CO)cc4)O3)c2)c1. The number of amides is 2. The number of aliphatic hydroxyl groups is 1. The Labute approximate surface area is 243 Å². The number of nitrogens with zero attached hydrogens (tertiary/aromatic N) is 1. The average molecular weight is 558 g/mol. The van der Waals surface area contributed by atoms with Gasteiger partial charge in [0.2, 0.25) is 0 Å². The second-order valence-corrected chi connectivity index (χ2v) is 11.2. The number of carbonyl (C=O) groups is 1. The van der Waals surface area contributed by atoms with Crippen LogP contribution >= 0.6 is 0 Å². The van der Waals surface area contributed by atoms with Crippen molar-refractivity contribution in [1.29, 1.82) is 0 Å². The summed E-state index contributed by atoms with van der Waals surface area (Å²) >= 11 is 0. The van der Waals surface area contributed by atoms with Gasteiger partial charge in [-0.15, -0.1) is 0 Å². The zero-order chi connectivity index (χ0) is 28.6. The van der Waals surface area contributed by atoms with E-state index in [0.29, 0.717) is 13.1 Å². The quantitative estimate of drug-likeness (QED) is 0.303. The Morgan fingerprint density at radius 2 is 1.61 bits per heavy atom. The molecule has 7 nitrogen and oxygen atoms in total. The highest BCUT2D eigenvalue weighted by Crippen LogP contribution is 2.42. The smallest absolute Gasteiger partial charge is 0.315 e. The van der Waals surface area contributed by atoms with Crippen LogP contribution in [-0.2, 0) is 22.6 Å². The molecule has 7 heteroatoms. The summed E-state index contributed by atoms with van der Waals surface area (Å²) in [6.45, 7) is 8.35. The van der Waals surface area contributed by atoms with Crippen molar-refractivity contribution in [3.63, 3.8) is 0 Å². The molecule has 4 atom stereocenters. The molecule has 2 aliphatic heterocycles. The Hall–Kier alpha value is -3.23. The second kappa shape index (κ2) is 14.1. The van der Waals surface area contributed by atoms with Crippen LogP contribution in [0.3, 0.4) is 0 Å². The largest absolute Gasteiger partial charge is 0.392 e. The van der Waals surface area contributed by atoms with E-state index in [2.05, 4.69) is 71.0 Å². The molecule has 2 amide bonds. The van der Waals surface area contributed by atoms with Crippen molar-refractivity contribution >= 4 is 6.03 Å². The summed E-state index contributed by atoms with van der Waals surface area (Å²) in [5, 5.41) is 15.2. The van der Waals surface area contributed by atoms with Crippen LogP contribution in [-0.4, -0.2) is 48.3 Å². The van der Waals surface area contributed by atoms with Gasteiger partial charge in [-0.3, -0.25) is 0 Å². The molecule has 0 aliphatic carbocycles. The maximum absolute atomic E-state index is 11.9. The molecule has 2 fully saturated rings. The molecule has 0 saturated carbocycles. The Bertz CT molecular complexity index is 1270. The number of hydrogen-bond donors (Lipinski definition) is 3. The van der Waals surface area contributed by atoms with Crippen LogP contribution in [0.1, 0.15) is 67.8 Å². The van der Waals surface area contributed by atoms with Crippen molar-refractivity contribution in [3.8, 4) is 11.1 Å². The van der Waals surface area contributed by atoms with Gasteiger partial charge in [0, 0.05) is 31.1 Å². The van der Waals surface area contributed by atoms with Gasteiger partial charge >= 0.3 is 6.03 Å². The summed E-state index contributed by atoms with van der Waals surface area (Å²) in [7, 11) is 0. The van der Waals surface area contributed by atoms with Gasteiger partial charge in [-0.1, -0.05) is 74.0 Å². The zero-order valence-electron chi connectivity index (χ0n) is 24.2. The van der Waals surface area contributed by atoms with E-state index in [1.165, 1.54) is 19.3 Å². The lowest BCUT2D eigenvalue weighted by molar-refractivity contribution is -0.276. The van der Waals surface area contributed by atoms with Crippen LogP contribution in [0.5, 0.6) is 0 Å². The Balaban J connectivity index is 1.38. The van der Waals surface area contributed by atoms with E-state index in [4.69, 9.17) is 9.47 Å². The maximum Gasteiger partial charge on any atom is 0.315 e. The van der Waals surface area contributed by atoms with Crippen LogP contribution in [0.25, 0.3) is 11.1 Å². The third kappa shape index (κ3) is 7.54. The highest BCUT2D eigenvalue weighted by atomic mass is 16.7. The van der Waals surface area contributed by atoms with Crippen LogP contribution in [0.15, 0.2) is 72.8 Å².